The molecule has 0 saturated heterocycles. The van der Waals surface area contributed by atoms with Gasteiger partial charge in [0.1, 0.15) is 17.4 Å². The number of carbonyl (C=O) groups excluding carboxylic acids is 1. The second-order valence-corrected chi connectivity index (χ2v) is 5.91. The summed E-state index contributed by atoms with van der Waals surface area (Å²) in [5.74, 6) is 0.0287. The first-order chi connectivity index (χ1) is 12.6. The fourth-order valence-corrected chi connectivity index (χ4v) is 2.59. The van der Waals surface area contributed by atoms with E-state index in [-0.39, 0.29) is 5.57 Å². The van der Waals surface area contributed by atoms with Crippen molar-refractivity contribution in [3.05, 3.63) is 70.9 Å². The molecule has 0 bridgehead atoms. The fraction of sp³-hybridized carbons (Fsp3) is 0.200. The summed E-state index contributed by atoms with van der Waals surface area (Å²) in [6.07, 6.45) is 1.58. The molecule has 0 saturated carbocycles. The predicted octanol–water partition coefficient (Wildman–Crippen LogP) is 4.22. The van der Waals surface area contributed by atoms with Crippen LogP contribution in [-0.4, -0.2) is 24.5 Å². The molecule has 2 aromatic carbocycles. The molecular weight excluding hydrogens is 350 g/mol. The van der Waals surface area contributed by atoms with Crippen molar-refractivity contribution in [2.24, 2.45) is 0 Å². The van der Waals surface area contributed by atoms with Crippen LogP contribution in [0.4, 0.5) is 5.69 Å². The van der Waals surface area contributed by atoms with Gasteiger partial charge in [-0.05, 0) is 30.7 Å². The van der Waals surface area contributed by atoms with Gasteiger partial charge in [0, 0.05) is 25.0 Å². The van der Waals surface area contributed by atoms with Crippen LogP contribution in [0.1, 0.15) is 12.5 Å². The number of benzene rings is 2. The Bertz CT molecular complexity index is 829. The second-order valence-electron chi connectivity index (χ2n) is 5.51. The highest BCUT2D eigenvalue weighted by Gasteiger charge is 2.12. The summed E-state index contributed by atoms with van der Waals surface area (Å²) >= 11 is 6.06. The summed E-state index contributed by atoms with van der Waals surface area (Å²) in [5.41, 5.74) is 1.62. The summed E-state index contributed by atoms with van der Waals surface area (Å²) in [5, 5.41) is 12.4. The van der Waals surface area contributed by atoms with Crippen LogP contribution in [0.3, 0.4) is 0 Å². The van der Waals surface area contributed by atoms with Crippen molar-refractivity contribution in [1.82, 2.24) is 4.90 Å². The van der Waals surface area contributed by atoms with Crippen LogP contribution in [0, 0.1) is 11.3 Å². The first kappa shape index (κ1) is 19.4. The van der Waals surface area contributed by atoms with E-state index in [4.69, 9.17) is 16.3 Å². The summed E-state index contributed by atoms with van der Waals surface area (Å²) < 4.78 is 5.08. The Kier molecular flexibility index (Phi) is 7.07. The van der Waals surface area contributed by atoms with E-state index in [0.29, 0.717) is 29.5 Å². The van der Waals surface area contributed by atoms with Gasteiger partial charge in [0.2, 0.25) is 0 Å². The zero-order chi connectivity index (χ0) is 18.9. The van der Waals surface area contributed by atoms with Gasteiger partial charge in [-0.3, -0.25) is 4.79 Å². The minimum atomic E-state index is -0.486. The molecule has 0 aromatic heterocycles. The van der Waals surface area contributed by atoms with E-state index in [2.05, 4.69) is 5.32 Å². The summed E-state index contributed by atoms with van der Waals surface area (Å²) in [6, 6.07) is 16.7. The number of nitrogens with zero attached hydrogens (tertiary/aromatic N) is 2. The highest BCUT2D eigenvalue weighted by atomic mass is 35.5. The Morgan fingerprint density at radius 1 is 1.31 bits per heavy atom. The minimum Gasteiger partial charge on any atom is -0.495 e. The van der Waals surface area contributed by atoms with E-state index < -0.39 is 5.91 Å². The molecule has 0 radical (unpaired) electrons. The average molecular weight is 370 g/mol. The Hall–Kier alpha value is -2.97. The third kappa shape index (κ3) is 5.27. The number of nitriles is 1. The Balaban J connectivity index is 2.12. The quantitative estimate of drug-likeness (QED) is 0.586. The average Bonchev–Trinajstić information content (AvgIpc) is 2.66. The largest absolute Gasteiger partial charge is 0.495 e. The van der Waals surface area contributed by atoms with E-state index in [1.54, 1.807) is 24.4 Å². The molecule has 1 amide bonds. The molecule has 2 rings (SSSR count). The van der Waals surface area contributed by atoms with Crippen LogP contribution in [0.5, 0.6) is 5.75 Å². The maximum Gasteiger partial charge on any atom is 0.267 e. The highest BCUT2D eigenvalue weighted by Crippen LogP contribution is 2.27. The Morgan fingerprint density at radius 3 is 2.62 bits per heavy atom. The van der Waals surface area contributed by atoms with Gasteiger partial charge in [-0.1, -0.05) is 41.9 Å². The number of rotatable bonds is 7. The third-order valence-electron chi connectivity index (χ3n) is 3.72. The maximum atomic E-state index is 12.4. The van der Waals surface area contributed by atoms with Gasteiger partial charge in [0.15, 0.2) is 0 Å². The van der Waals surface area contributed by atoms with E-state index in [9.17, 15) is 10.1 Å². The maximum absolute atomic E-state index is 12.4. The minimum absolute atomic E-state index is 0.0229. The van der Waals surface area contributed by atoms with Crippen LogP contribution < -0.4 is 10.1 Å². The lowest BCUT2D eigenvalue weighted by molar-refractivity contribution is -0.112. The first-order valence-corrected chi connectivity index (χ1v) is 8.50. The number of amides is 1. The van der Waals surface area contributed by atoms with Crippen molar-refractivity contribution in [2.75, 3.05) is 19.0 Å². The van der Waals surface area contributed by atoms with Gasteiger partial charge in [-0.25, -0.2) is 0 Å². The van der Waals surface area contributed by atoms with Gasteiger partial charge in [-0.15, -0.1) is 0 Å². The van der Waals surface area contributed by atoms with Crippen molar-refractivity contribution in [3.8, 4) is 11.8 Å². The topological polar surface area (TPSA) is 65.4 Å². The van der Waals surface area contributed by atoms with Gasteiger partial charge in [-0.2, -0.15) is 5.26 Å². The van der Waals surface area contributed by atoms with Crippen LogP contribution in [0.25, 0.3) is 0 Å². The monoisotopic (exact) mass is 369 g/mol. The zero-order valence-electron chi connectivity index (χ0n) is 14.7. The molecule has 0 aliphatic carbocycles. The summed E-state index contributed by atoms with van der Waals surface area (Å²) in [6.45, 7) is 3.25. The number of hydrogen-bond donors (Lipinski definition) is 1. The van der Waals surface area contributed by atoms with Crippen molar-refractivity contribution in [3.63, 3.8) is 0 Å². The van der Waals surface area contributed by atoms with Crippen LogP contribution >= 0.6 is 11.6 Å². The molecule has 2 aromatic rings. The molecule has 6 heteroatoms. The van der Waals surface area contributed by atoms with E-state index in [1.807, 2.05) is 48.2 Å². The molecular formula is C20H20ClN3O2. The number of ether oxygens (including phenoxy) is 1. The lowest BCUT2D eigenvalue weighted by atomic mass is 10.2. The van der Waals surface area contributed by atoms with E-state index in [0.717, 1.165) is 5.56 Å². The van der Waals surface area contributed by atoms with E-state index in [1.165, 1.54) is 7.11 Å². The number of halogens is 1. The zero-order valence-corrected chi connectivity index (χ0v) is 15.5. The Labute approximate surface area is 158 Å². The molecule has 0 heterocycles. The molecule has 0 atom stereocenters. The van der Waals surface area contributed by atoms with Crippen molar-refractivity contribution >= 4 is 23.2 Å². The Morgan fingerprint density at radius 2 is 2.04 bits per heavy atom. The lowest BCUT2D eigenvalue weighted by Crippen LogP contribution is -2.21. The third-order valence-corrected chi connectivity index (χ3v) is 4.02. The van der Waals surface area contributed by atoms with Crippen molar-refractivity contribution < 1.29 is 9.53 Å². The smallest absolute Gasteiger partial charge is 0.267 e. The van der Waals surface area contributed by atoms with Gasteiger partial charge >= 0.3 is 0 Å². The molecule has 26 heavy (non-hydrogen) atoms. The molecule has 1 N–H and O–H groups in total. The number of anilines is 1. The number of nitrogens with one attached hydrogen (secondary N) is 1. The van der Waals surface area contributed by atoms with E-state index >= 15 is 0 Å². The highest BCUT2D eigenvalue weighted by molar-refractivity contribution is 6.32. The SMILES string of the molecule is CCN(/C=C(/C#N)C(=O)Nc1ccc(OC)c(Cl)c1)Cc1ccccc1. The first-order valence-electron chi connectivity index (χ1n) is 8.12. The van der Waals surface area contributed by atoms with Crippen molar-refractivity contribution in [2.45, 2.75) is 13.5 Å². The second kappa shape index (κ2) is 9.50. The molecule has 0 spiro atoms. The van der Waals surface area contributed by atoms with Crippen LogP contribution in [0.2, 0.25) is 5.02 Å². The van der Waals surface area contributed by atoms with Crippen LogP contribution in [-0.2, 0) is 11.3 Å². The molecule has 5 nitrogen and oxygen atoms in total. The summed E-state index contributed by atoms with van der Waals surface area (Å²) in [7, 11) is 1.52. The van der Waals surface area contributed by atoms with Gasteiger partial charge < -0.3 is 15.0 Å². The number of carbonyl (C=O) groups is 1. The molecule has 134 valence electrons. The molecule has 0 aliphatic heterocycles. The summed E-state index contributed by atoms with van der Waals surface area (Å²) in [4.78, 5) is 14.3. The molecule has 0 unspecified atom stereocenters. The van der Waals surface area contributed by atoms with Gasteiger partial charge in [0.05, 0.1) is 12.1 Å². The molecule has 0 aliphatic rings. The normalized spacial score (nSPS) is 10.8. The predicted molar refractivity (Wildman–Crippen MR) is 103 cm³/mol. The van der Waals surface area contributed by atoms with Crippen molar-refractivity contribution in [1.29, 1.82) is 5.26 Å². The molecule has 0 fully saturated rings. The lowest BCUT2D eigenvalue weighted by Gasteiger charge is -2.19. The standard InChI is InChI=1S/C20H20ClN3O2/c1-3-24(13-15-7-5-4-6-8-15)14-16(12-22)20(25)23-17-9-10-19(26-2)18(21)11-17/h4-11,14H,3,13H2,1-2H3,(H,23,25)/b16-14-. The number of hydrogen-bond acceptors (Lipinski definition) is 4. The van der Waals surface area contributed by atoms with Crippen LogP contribution in [0.15, 0.2) is 60.3 Å². The van der Waals surface area contributed by atoms with Gasteiger partial charge in [0.25, 0.3) is 5.91 Å². The fourth-order valence-electron chi connectivity index (χ4n) is 2.33. The number of methoxy groups -OCH3 is 1.